The first-order valence-corrected chi connectivity index (χ1v) is 7.32. The van der Waals surface area contributed by atoms with E-state index in [4.69, 9.17) is 14.0 Å². The zero-order valence-corrected chi connectivity index (χ0v) is 12.2. The highest BCUT2D eigenvalue weighted by molar-refractivity contribution is 7.85. The molecule has 20 heavy (non-hydrogen) atoms. The van der Waals surface area contributed by atoms with Crippen LogP contribution in [0.25, 0.3) is 0 Å². The van der Waals surface area contributed by atoms with Crippen molar-refractivity contribution in [2.24, 2.45) is 0 Å². The Morgan fingerprint density at radius 1 is 1.30 bits per heavy atom. The van der Waals surface area contributed by atoms with Crippen LogP contribution < -0.4 is 14.8 Å². The maximum absolute atomic E-state index is 11.1. The molecule has 1 aromatic carbocycles. The lowest BCUT2D eigenvalue weighted by atomic mass is 10.1. The van der Waals surface area contributed by atoms with Gasteiger partial charge in [-0.3, -0.25) is 9.35 Å². The van der Waals surface area contributed by atoms with Crippen molar-refractivity contribution in [3.63, 3.8) is 0 Å². The molecule has 0 bridgehead atoms. The van der Waals surface area contributed by atoms with Gasteiger partial charge in [-0.15, -0.1) is 0 Å². The Hall–Kier alpha value is -1.80. The van der Waals surface area contributed by atoms with Crippen molar-refractivity contribution in [2.45, 2.75) is 13.0 Å². The van der Waals surface area contributed by atoms with E-state index in [-0.39, 0.29) is 0 Å². The average molecular weight is 303 g/mol. The van der Waals surface area contributed by atoms with E-state index in [1.807, 2.05) is 0 Å². The van der Waals surface area contributed by atoms with Crippen LogP contribution in [0.1, 0.15) is 18.5 Å². The minimum atomic E-state index is -4.24. The summed E-state index contributed by atoms with van der Waals surface area (Å²) in [4.78, 5) is 11.1. The molecule has 0 fully saturated rings. The lowest BCUT2D eigenvalue weighted by Gasteiger charge is -2.18. The van der Waals surface area contributed by atoms with Crippen LogP contribution in [0.2, 0.25) is 0 Å². The molecule has 0 aliphatic carbocycles. The molecule has 7 nitrogen and oxygen atoms in total. The van der Waals surface area contributed by atoms with Crippen molar-refractivity contribution in [2.75, 3.05) is 20.0 Å². The highest BCUT2D eigenvalue weighted by atomic mass is 32.2. The molecule has 1 atom stereocenters. The summed E-state index contributed by atoms with van der Waals surface area (Å²) >= 11 is 0. The summed E-state index contributed by atoms with van der Waals surface area (Å²) in [5, 5.41) is 2.47. The van der Waals surface area contributed by atoms with Gasteiger partial charge in [0.15, 0.2) is 11.5 Å². The van der Waals surface area contributed by atoms with Crippen LogP contribution in [0.4, 0.5) is 0 Å². The molecule has 1 unspecified atom stereocenters. The summed E-state index contributed by atoms with van der Waals surface area (Å²) in [6.07, 6.45) is 0. The van der Waals surface area contributed by atoms with Gasteiger partial charge in [0.1, 0.15) is 0 Å². The predicted molar refractivity (Wildman–Crippen MR) is 72.5 cm³/mol. The molecule has 1 amide bonds. The molecule has 0 heterocycles. The second-order valence-corrected chi connectivity index (χ2v) is 5.61. The Labute approximate surface area is 117 Å². The zero-order chi connectivity index (χ0) is 15.3. The van der Waals surface area contributed by atoms with E-state index in [1.165, 1.54) is 21.1 Å². The van der Waals surface area contributed by atoms with Gasteiger partial charge in [-0.05, 0) is 17.7 Å². The first kappa shape index (κ1) is 16.3. The Bertz CT molecular complexity index is 584. The summed E-state index contributed by atoms with van der Waals surface area (Å²) < 4.78 is 41.2. The molecular weight excluding hydrogens is 286 g/mol. The van der Waals surface area contributed by atoms with E-state index in [1.54, 1.807) is 18.2 Å². The third kappa shape index (κ3) is 4.71. The Morgan fingerprint density at radius 2 is 1.90 bits per heavy atom. The number of benzene rings is 1. The monoisotopic (exact) mass is 303 g/mol. The molecule has 0 saturated carbocycles. The SMILES string of the molecule is COc1ccc(C(CS(=O)(=O)O)NC(C)=O)cc1OC. The molecule has 1 aromatic rings. The molecule has 2 N–H and O–H groups in total. The molecule has 0 radical (unpaired) electrons. The van der Waals surface area contributed by atoms with E-state index in [9.17, 15) is 13.2 Å². The highest BCUT2D eigenvalue weighted by Crippen LogP contribution is 2.30. The maximum Gasteiger partial charge on any atom is 0.267 e. The van der Waals surface area contributed by atoms with Crippen molar-refractivity contribution in [3.05, 3.63) is 23.8 Å². The van der Waals surface area contributed by atoms with Crippen molar-refractivity contribution in [3.8, 4) is 11.5 Å². The molecule has 0 saturated heterocycles. The Kier molecular flexibility index (Phi) is 5.34. The molecular formula is C12H17NO6S. The summed E-state index contributed by atoms with van der Waals surface area (Å²) in [5.41, 5.74) is 0.482. The zero-order valence-electron chi connectivity index (χ0n) is 11.4. The molecule has 8 heteroatoms. The molecule has 0 spiro atoms. The number of ether oxygens (including phenoxy) is 2. The number of hydrogen-bond donors (Lipinski definition) is 2. The minimum Gasteiger partial charge on any atom is -0.493 e. The normalized spacial score (nSPS) is 12.6. The highest BCUT2D eigenvalue weighted by Gasteiger charge is 2.21. The average Bonchev–Trinajstić information content (AvgIpc) is 2.35. The first-order valence-electron chi connectivity index (χ1n) is 5.71. The van der Waals surface area contributed by atoms with Crippen LogP contribution in [-0.4, -0.2) is 38.9 Å². The van der Waals surface area contributed by atoms with Crippen LogP contribution in [-0.2, 0) is 14.9 Å². The van der Waals surface area contributed by atoms with Crippen LogP contribution >= 0.6 is 0 Å². The lowest BCUT2D eigenvalue weighted by molar-refractivity contribution is -0.119. The van der Waals surface area contributed by atoms with Gasteiger partial charge in [-0.1, -0.05) is 6.07 Å². The van der Waals surface area contributed by atoms with Crippen LogP contribution in [0.15, 0.2) is 18.2 Å². The second-order valence-electron chi connectivity index (χ2n) is 4.12. The van der Waals surface area contributed by atoms with Crippen molar-refractivity contribution < 1.29 is 27.2 Å². The van der Waals surface area contributed by atoms with E-state index in [0.29, 0.717) is 17.1 Å². The fourth-order valence-corrected chi connectivity index (χ4v) is 2.44. The van der Waals surface area contributed by atoms with Crippen LogP contribution in [0.5, 0.6) is 11.5 Å². The molecule has 1 rings (SSSR count). The van der Waals surface area contributed by atoms with Gasteiger partial charge in [0.25, 0.3) is 10.1 Å². The minimum absolute atomic E-state index is 0.399. The number of carbonyl (C=O) groups is 1. The first-order chi connectivity index (χ1) is 9.26. The molecule has 0 aliphatic heterocycles. The quantitative estimate of drug-likeness (QED) is 0.753. The fourth-order valence-electron chi connectivity index (χ4n) is 1.75. The standard InChI is InChI=1S/C12H17NO6S/c1-8(14)13-10(7-20(15,16)17)9-4-5-11(18-2)12(6-9)19-3/h4-6,10H,7H2,1-3H3,(H,13,14)(H,15,16,17). The van der Waals surface area contributed by atoms with E-state index in [0.717, 1.165) is 0 Å². The van der Waals surface area contributed by atoms with Crippen molar-refractivity contribution in [1.29, 1.82) is 0 Å². The third-order valence-corrected chi connectivity index (χ3v) is 3.32. The van der Waals surface area contributed by atoms with E-state index < -0.39 is 27.8 Å². The molecule has 112 valence electrons. The molecule has 0 aliphatic rings. The van der Waals surface area contributed by atoms with E-state index >= 15 is 0 Å². The van der Waals surface area contributed by atoms with Crippen molar-refractivity contribution in [1.82, 2.24) is 5.32 Å². The van der Waals surface area contributed by atoms with Gasteiger partial charge >= 0.3 is 0 Å². The summed E-state index contributed by atoms with van der Waals surface area (Å²) in [5.74, 6) is -0.156. The smallest absolute Gasteiger partial charge is 0.267 e. The number of nitrogens with one attached hydrogen (secondary N) is 1. The van der Waals surface area contributed by atoms with Gasteiger partial charge in [0, 0.05) is 6.92 Å². The maximum atomic E-state index is 11.1. The fraction of sp³-hybridized carbons (Fsp3) is 0.417. The Morgan fingerprint density at radius 3 is 2.35 bits per heavy atom. The number of hydrogen-bond acceptors (Lipinski definition) is 5. The van der Waals surface area contributed by atoms with Gasteiger partial charge < -0.3 is 14.8 Å². The van der Waals surface area contributed by atoms with Gasteiger partial charge in [0.05, 0.1) is 26.0 Å². The van der Waals surface area contributed by atoms with Gasteiger partial charge in [-0.25, -0.2) is 0 Å². The van der Waals surface area contributed by atoms with Crippen LogP contribution in [0, 0.1) is 0 Å². The van der Waals surface area contributed by atoms with Gasteiger partial charge in [-0.2, -0.15) is 8.42 Å². The lowest BCUT2D eigenvalue weighted by Crippen LogP contribution is -2.31. The number of methoxy groups -OCH3 is 2. The van der Waals surface area contributed by atoms with E-state index in [2.05, 4.69) is 5.32 Å². The number of carbonyl (C=O) groups excluding carboxylic acids is 1. The number of rotatable bonds is 6. The Balaban J connectivity index is 3.16. The largest absolute Gasteiger partial charge is 0.493 e. The summed E-state index contributed by atoms with van der Waals surface area (Å²) in [6, 6.07) is 3.85. The number of amides is 1. The topological polar surface area (TPSA) is 102 Å². The van der Waals surface area contributed by atoms with Crippen molar-refractivity contribution >= 4 is 16.0 Å². The van der Waals surface area contributed by atoms with Crippen LogP contribution in [0.3, 0.4) is 0 Å². The molecule has 0 aromatic heterocycles. The second kappa shape index (κ2) is 6.58. The predicted octanol–water partition coefficient (Wildman–Crippen LogP) is 0.769. The summed E-state index contributed by atoms with van der Waals surface area (Å²) in [7, 11) is -1.32. The third-order valence-electron chi connectivity index (χ3n) is 2.56. The summed E-state index contributed by atoms with van der Waals surface area (Å²) in [6.45, 7) is 1.26. The van der Waals surface area contributed by atoms with Gasteiger partial charge in [0.2, 0.25) is 5.91 Å².